The van der Waals surface area contributed by atoms with Gasteiger partial charge in [0.2, 0.25) is 21.8 Å². The molecule has 5 rings (SSSR count). The lowest BCUT2D eigenvalue weighted by molar-refractivity contribution is -0.212. The van der Waals surface area contributed by atoms with Crippen molar-refractivity contribution in [1.29, 1.82) is 0 Å². The number of carbonyl (C=O) groups excluding carboxylic acids is 2. The molecule has 2 aliphatic rings. The molecule has 12 nitrogen and oxygen atoms in total. The van der Waals surface area contributed by atoms with E-state index in [1.807, 2.05) is 48.5 Å². The molecule has 4 N–H and O–H groups in total. The van der Waals surface area contributed by atoms with Crippen LogP contribution in [0.2, 0.25) is 0 Å². The number of carbonyl (C=O) groups is 3. The normalized spacial score (nSPS) is 19.1. The third kappa shape index (κ3) is 10.7. The second-order valence-corrected chi connectivity index (χ2v) is 16.5. The Morgan fingerprint density at radius 3 is 2.20 bits per heavy atom. The average Bonchev–Trinajstić information content (AvgIpc) is 3.11. The number of sulfonamides is 1. The minimum atomic E-state index is -3.25. The summed E-state index contributed by atoms with van der Waals surface area (Å²) >= 11 is 0. The van der Waals surface area contributed by atoms with E-state index in [0.717, 1.165) is 28.6 Å². The number of nitrogens with zero attached hydrogens (tertiary/aromatic N) is 1. The zero-order valence-electron chi connectivity index (χ0n) is 30.9. The van der Waals surface area contributed by atoms with Crippen molar-refractivity contribution in [2.24, 2.45) is 11.8 Å². The van der Waals surface area contributed by atoms with Gasteiger partial charge in [-0.15, -0.1) is 0 Å². The highest BCUT2D eigenvalue weighted by Gasteiger charge is 2.48. The third-order valence-corrected chi connectivity index (χ3v) is 10.8. The molecule has 2 aliphatic heterocycles. The molecule has 0 radical (unpaired) electrons. The largest absolute Gasteiger partial charge is 0.480 e. The highest BCUT2D eigenvalue weighted by Crippen LogP contribution is 2.46. The Kier molecular flexibility index (Phi) is 13.6. The van der Waals surface area contributed by atoms with Gasteiger partial charge in [0.25, 0.3) is 0 Å². The summed E-state index contributed by atoms with van der Waals surface area (Å²) in [5, 5.41) is 22.8. The molecule has 0 saturated carbocycles. The lowest BCUT2D eigenvalue weighted by Crippen LogP contribution is -2.55. The summed E-state index contributed by atoms with van der Waals surface area (Å²) in [7, 11) is -3.25. The molecule has 2 fully saturated rings. The number of rotatable bonds is 20. The van der Waals surface area contributed by atoms with Crippen molar-refractivity contribution in [3.8, 4) is 0 Å². The molecule has 4 atom stereocenters. The number of aliphatic carboxylic acids is 1. The van der Waals surface area contributed by atoms with Crippen molar-refractivity contribution in [2.75, 3.05) is 37.5 Å². The molecule has 3 aromatic rings. The molecular formula is C40H50FN3O9S. The summed E-state index contributed by atoms with van der Waals surface area (Å²) < 4.78 is 50.1. The Hall–Kier alpha value is -4.21. The van der Waals surface area contributed by atoms with Crippen molar-refractivity contribution in [3.63, 3.8) is 0 Å². The van der Waals surface area contributed by atoms with E-state index < -0.39 is 39.6 Å². The molecule has 292 valence electrons. The number of aliphatic hydroxyl groups is 1. The SMILES string of the molecule is CC(C)[C@@H](NC(=O)COC1(CCc2ccc([C@@H]3[C@@H](CC[C@H](O)c4ccc(F)cc4)C(=O)N3c3ccc(CCCNS(C)(=O)=O)cc3)cc2)COC1)C(=O)O. The van der Waals surface area contributed by atoms with Gasteiger partial charge in [-0.05, 0) is 91.0 Å². The fourth-order valence-electron chi connectivity index (χ4n) is 6.89. The predicted octanol–water partition coefficient (Wildman–Crippen LogP) is 4.47. The van der Waals surface area contributed by atoms with Crippen LogP contribution in [0, 0.1) is 17.7 Å². The minimum Gasteiger partial charge on any atom is -0.480 e. The van der Waals surface area contributed by atoms with Crippen molar-refractivity contribution in [1.82, 2.24) is 10.0 Å². The first kappa shape index (κ1) is 41.0. The molecule has 0 bridgehead atoms. The molecule has 0 aliphatic carbocycles. The van der Waals surface area contributed by atoms with Crippen LogP contribution in [0.15, 0.2) is 72.8 Å². The van der Waals surface area contributed by atoms with Crippen LogP contribution in [0.4, 0.5) is 10.1 Å². The molecule has 54 heavy (non-hydrogen) atoms. The molecule has 2 saturated heterocycles. The van der Waals surface area contributed by atoms with Gasteiger partial charge >= 0.3 is 5.97 Å². The number of benzene rings is 3. The van der Waals surface area contributed by atoms with Crippen molar-refractivity contribution in [2.45, 2.75) is 76.2 Å². The standard InChI is InChI=1S/C40H50FN3O9S/c1-26(2)36(39(48)49)43-35(46)23-53-40(24-52-25-40)21-20-28-6-10-30(11-7-28)37-33(18-19-34(45)29-12-14-31(41)15-13-29)38(47)44(37)32-16-8-27(9-17-32)5-4-22-42-54(3,50)51/h6-17,26,33-34,36-37,42,45H,4-5,18-25H2,1-3H3,(H,43,46)(H,48,49)/t33-,34+,36-,37-/m1/s1. The second kappa shape index (κ2) is 17.9. The summed E-state index contributed by atoms with van der Waals surface area (Å²) in [6.45, 7) is 4.15. The lowest BCUT2D eigenvalue weighted by atomic mass is 9.78. The van der Waals surface area contributed by atoms with Crippen molar-refractivity contribution in [3.05, 3.63) is 101 Å². The van der Waals surface area contributed by atoms with Crippen molar-refractivity contribution >= 4 is 33.5 Å². The number of aliphatic hydroxyl groups excluding tert-OH is 1. The van der Waals surface area contributed by atoms with E-state index in [0.29, 0.717) is 63.8 Å². The van der Waals surface area contributed by atoms with Gasteiger partial charge < -0.3 is 29.9 Å². The van der Waals surface area contributed by atoms with Gasteiger partial charge in [0.1, 0.15) is 24.1 Å². The molecule has 14 heteroatoms. The highest BCUT2D eigenvalue weighted by atomic mass is 32.2. The van der Waals surface area contributed by atoms with Gasteiger partial charge in [0.15, 0.2) is 0 Å². The van der Waals surface area contributed by atoms with E-state index in [-0.39, 0.29) is 36.2 Å². The average molecular weight is 768 g/mol. The van der Waals surface area contributed by atoms with Gasteiger partial charge in [-0.2, -0.15) is 0 Å². The Labute approximate surface area is 316 Å². The first-order valence-corrected chi connectivity index (χ1v) is 20.2. The van der Waals surface area contributed by atoms with Gasteiger partial charge in [-0.3, -0.25) is 9.59 Å². The molecule has 0 aromatic heterocycles. The first-order chi connectivity index (χ1) is 25.6. The van der Waals surface area contributed by atoms with Crippen LogP contribution < -0.4 is 14.9 Å². The van der Waals surface area contributed by atoms with E-state index in [4.69, 9.17) is 9.47 Å². The van der Waals surface area contributed by atoms with Gasteiger partial charge in [-0.1, -0.05) is 62.4 Å². The van der Waals surface area contributed by atoms with Crippen LogP contribution in [0.1, 0.15) is 73.9 Å². The van der Waals surface area contributed by atoms with Gasteiger partial charge in [0, 0.05) is 12.2 Å². The van der Waals surface area contributed by atoms with E-state index in [9.17, 15) is 37.4 Å². The minimum absolute atomic E-state index is 0.0586. The van der Waals surface area contributed by atoms with E-state index in [1.165, 1.54) is 12.1 Å². The fraction of sp³-hybridized carbons (Fsp3) is 0.475. The molecule has 2 heterocycles. The molecule has 0 unspecified atom stereocenters. The van der Waals surface area contributed by atoms with Crippen LogP contribution in [-0.2, 0) is 46.7 Å². The number of carboxylic acid groups (broad SMARTS) is 1. The number of carboxylic acids is 1. The van der Waals surface area contributed by atoms with Crippen LogP contribution >= 0.6 is 0 Å². The highest BCUT2D eigenvalue weighted by molar-refractivity contribution is 7.88. The summed E-state index contributed by atoms with van der Waals surface area (Å²) in [6.07, 6.45) is 3.53. The number of hydrogen-bond donors (Lipinski definition) is 4. The monoisotopic (exact) mass is 767 g/mol. The number of aryl methyl sites for hydroxylation is 2. The second-order valence-electron chi connectivity index (χ2n) is 14.7. The number of β-lactam (4-membered cyclic amide) rings is 1. The third-order valence-electron chi connectivity index (χ3n) is 10.1. The molecular weight excluding hydrogens is 718 g/mol. The maximum Gasteiger partial charge on any atom is 0.326 e. The van der Waals surface area contributed by atoms with E-state index in [1.54, 1.807) is 30.9 Å². The van der Waals surface area contributed by atoms with Crippen LogP contribution in [-0.4, -0.2) is 80.7 Å². The van der Waals surface area contributed by atoms with Crippen molar-refractivity contribution < 1.29 is 46.9 Å². The number of anilines is 1. The number of hydrogen-bond acceptors (Lipinski definition) is 8. The Morgan fingerprint density at radius 2 is 1.63 bits per heavy atom. The van der Waals surface area contributed by atoms with Crippen LogP contribution in [0.3, 0.4) is 0 Å². The van der Waals surface area contributed by atoms with E-state index >= 15 is 0 Å². The number of ether oxygens (including phenoxy) is 2. The molecule has 2 amide bonds. The number of amides is 2. The number of nitrogens with one attached hydrogen (secondary N) is 2. The summed E-state index contributed by atoms with van der Waals surface area (Å²) in [5.41, 5.74) is 3.64. The van der Waals surface area contributed by atoms with Gasteiger partial charge in [0.05, 0.1) is 37.5 Å². The summed E-state index contributed by atoms with van der Waals surface area (Å²) in [5.74, 6) is -2.71. The fourth-order valence-corrected chi connectivity index (χ4v) is 7.41. The molecule has 0 spiro atoms. The zero-order valence-corrected chi connectivity index (χ0v) is 31.7. The summed E-state index contributed by atoms with van der Waals surface area (Å²) in [6, 6.07) is 20.1. The predicted molar refractivity (Wildman–Crippen MR) is 201 cm³/mol. The van der Waals surface area contributed by atoms with Crippen LogP contribution in [0.25, 0.3) is 0 Å². The Bertz CT molecular complexity index is 1850. The summed E-state index contributed by atoms with van der Waals surface area (Å²) in [4.78, 5) is 39.5. The van der Waals surface area contributed by atoms with E-state index in [2.05, 4.69) is 10.0 Å². The maximum absolute atomic E-state index is 13.7. The zero-order chi connectivity index (χ0) is 39.0. The topological polar surface area (TPSA) is 172 Å². The lowest BCUT2D eigenvalue weighted by Gasteiger charge is -2.48. The number of halogens is 1. The molecule has 3 aromatic carbocycles. The Balaban J connectivity index is 1.24. The smallest absolute Gasteiger partial charge is 0.326 e. The Morgan fingerprint density at radius 1 is 1.00 bits per heavy atom. The van der Waals surface area contributed by atoms with Gasteiger partial charge in [-0.25, -0.2) is 22.3 Å². The van der Waals surface area contributed by atoms with Crippen LogP contribution in [0.5, 0.6) is 0 Å². The maximum atomic E-state index is 13.7. The quantitative estimate of drug-likeness (QED) is 0.0957. The first-order valence-electron chi connectivity index (χ1n) is 18.3.